The summed E-state index contributed by atoms with van der Waals surface area (Å²) in [5.74, 6) is 0. The van der Waals surface area contributed by atoms with E-state index in [4.69, 9.17) is 4.84 Å². The van der Waals surface area contributed by atoms with Crippen LogP contribution in [0.25, 0.3) is 0 Å². The molecule has 0 radical (unpaired) electrons. The average molecular weight is 187 g/mol. The van der Waals surface area contributed by atoms with Crippen molar-refractivity contribution >= 4 is 0 Å². The summed E-state index contributed by atoms with van der Waals surface area (Å²) < 4.78 is 0. The van der Waals surface area contributed by atoms with Gasteiger partial charge in [-0.3, -0.25) is 4.84 Å². The Balaban J connectivity index is 2.45. The molecule has 0 bridgehead atoms. The zero-order valence-corrected chi connectivity index (χ0v) is 8.92. The van der Waals surface area contributed by atoms with Crippen LogP contribution in [0.5, 0.6) is 0 Å². The van der Waals surface area contributed by atoms with Gasteiger partial charge in [-0.2, -0.15) is 5.06 Å². The smallest absolute Gasteiger partial charge is 0.129 e. The first-order chi connectivity index (χ1) is 5.99. The van der Waals surface area contributed by atoms with Crippen molar-refractivity contribution in [1.82, 2.24) is 5.06 Å². The van der Waals surface area contributed by atoms with Gasteiger partial charge in [-0.25, -0.2) is 0 Å². The van der Waals surface area contributed by atoms with E-state index in [9.17, 15) is 5.11 Å². The number of hydroxylamine groups is 2. The summed E-state index contributed by atoms with van der Waals surface area (Å²) in [6.07, 6.45) is 3.83. The molecule has 1 heterocycles. The van der Waals surface area contributed by atoms with Crippen molar-refractivity contribution in [3.63, 3.8) is 0 Å². The quantitative estimate of drug-likeness (QED) is 0.680. The largest absolute Gasteiger partial charge is 0.376 e. The fraction of sp³-hybridized carbons (Fsp3) is 1.00. The number of nitrogens with zero attached hydrogens (tertiary/aromatic N) is 1. The zero-order valence-electron chi connectivity index (χ0n) is 8.92. The molecule has 1 N–H and O–H groups in total. The number of aliphatic hydroxyl groups excluding tert-OH is 1. The summed E-state index contributed by atoms with van der Waals surface area (Å²) in [4.78, 5) is 5.65. The molecule has 1 atom stereocenters. The first kappa shape index (κ1) is 11.0. The Hall–Kier alpha value is -0.120. The van der Waals surface area contributed by atoms with Crippen molar-refractivity contribution in [2.75, 3.05) is 6.54 Å². The number of aliphatic hydroxyl groups is 1. The lowest BCUT2D eigenvalue weighted by Crippen LogP contribution is -2.40. The van der Waals surface area contributed by atoms with Gasteiger partial charge in [0, 0.05) is 6.54 Å². The Labute approximate surface area is 80.6 Å². The van der Waals surface area contributed by atoms with Gasteiger partial charge in [0.25, 0.3) is 0 Å². The highest BCUT2D eigenvalue weighted by molar-refractivity contribution is 4.64. The third-order valence-electron chi connectivity index (χ3n) is 2.06. The van der Waals surface area contributed by atoms with Crippen molar-refractivity contribution < 1.29 is 9.94 Å². The van der Waals surface area contributed by atoms with Crippen molar-refractivity contribution in [3.8, 4) is 0 Å². The Morgan fingerprint density at radius 3 is 2.54 bits per heavy atom. The van der Waals surface area contributed by atoms with Crippen LogP contribution in [-0.2, 0) is 4.84 Å². The molecule has 0 aromatic carbocycles. The molecule has 1 aliphatic heterocycles. The fourth-order valence-electron chi connectivity index (χ4n) is 1.52. The predicted molar refractivity (Wildman–Crippen MR) is 52.0 cm³/mol. The van der Waals surface area contributed by atoms with Crippen molar-refractivity contribution in [1.29, 1.82) is 0 Å². The lowest BCUT2D eigenvalue weighted by molar-refractivity contribution is -0.286. The fourth-order valence-corrected chi connectivity index (χ4v) is 1.52. The molecule has 0 aliphatic carbocycles. The van der Waals surface area contributed by atoms with E-state index in [2.05, 4.69) is 0 Å². The van der Waals surface area contributed by atoms with Crippen LogP contribution in [-0.4, -0.2) is 28.5 Å². The van der Waals surface area contributed by atoms with Crippen LogP contribution in [0.3, 0.4) is 0 Å². The minimum absolute atomic E-state index is 0.203. The maximum atomic E-state index is 9.71. The summed E-state index contributed by atoms with van der Waals surface area (Å²) in [7, 11) is 0. The maximum Gasteiger partial charge on any atom is 0.129 e. The molecule has 3 heteroatoms. The first-order valence-corrected chi connectivity index (χ1v) is 5.13. The molecule has 1 rings (SSSR count). The van der Waals surface area contributed by atoms with Gasteiger partial charge in [-0.15, -0.1) is 0 Å². The van der Waals surface area contributed by atoms with E-state index in [-0.39, 0.29) is 5.60 Å². The molecule has 0 aromatic heterocycles. The van der Waals surface area contributed by atoms with E-state index in [0.717, 1.165) is 25.8 Å². The first-order valence-electron chi connectivity index (χ1n) is 5.13. The minimum atomic E-state index is -0.415. The molecular formula is C10H21NO2. The van der Waals surface area contributed by atoms with Crippen LogP contribution >= 0.6 is 0 Å². The summed E-state index contributed by atoms with van der Waals surface area (Å²) in [6.45, 7) is 6.86. The second-order valence-electron chi connectivity index (χ2n) is 4.67. The van der Waals surface area contributed by atoms with E-state index in [1.807, 2.05) is 20.8 Å². The van der Waals surface area contributed by atoms with E-state index < -0.39 is 6.23 Å². The monoisotopic (exact) mass is 187 g/mol. The predicted octanol–water partition coefficient (Wildman–Crippen LogP) is 1.91. The Morgan fingerprint density at radius 2 is 1.92 bits per heavy atom. The van der Waals surface area contributed by atoms with Gasteiger partial charge in [0.05, 0.1) is 5.60 Å². The normalized spacial score (nSPS) is 27.2. The van der Waals surface area contributed by atoms with Crippen molar-refractivity contribution in [2.45, 2.75) is 58.3 Å². The van der Waals surface area contributed by atoms with E-state index in [0.29, 0.717) is 0 Å². The highest BCUT2D eigenvalue weighted by Gasteiger charge is 2.24. The molecule has 1 saturated heterocycles. The molecule has 1 fully saturated rings. The third-order valence-corrected chi connectivity index (χ3v) is 2.06. The number of hydrogen-bond acceptors (Lipinski definition) is 3. The SMILES string of the molecule is CC(C)(C)ON1CCCCCC1O. The minimum Gasteiger partial charge on any atom is -0.376 e. The summed E-state index contributed by atoms with van der Waals surface area (Å²) in [5.41, 5.74) is -0.203. The van der Waals surface area contributed by atoms with Crippen molar-refractivity contribution in [2.24, 2.45) is 0 Å². The van der Waals surface area contributed by atoms with Crippen LogP contribution in [0.1, 0.15) is 46.5 Å². The Kier molecular flexibility index (Phi) is 3.71. The molecule has 0 amide bonds. The zero-order chi connectivity index (χ0) is 9.90. The van der Waals surface area contributed by atoms with Gasteiger partial charge >= 0.3 is 0 Å². The topological polar surface area (TPSA) is 32.7 Å². The van der Waals surface area contributed by atoms with Gasteiger partial charge in [0.15, 0.2) is 0 Å². The molecular weight excluding hydrogens is 166 g/mol. The second-order valence-corrected chi connectivity index (χ2v) is 4.67. The molecule has 0 saturated carbocycles. The average Bonchev–Trinajstić information content (AvgIpc) is 2.14. The van der Waals surface area contributed by atoms with Crippen LogP contribution < -0.4 is 0 Å². The lowest BCUT2D eigenvalue weighted by Gasteiger charge is -2.31. The molecule has 78 valence electrons. The number of hydrogen-bond donors (Lipinski definition) is 1. The van der Waals surface area contributed by atoms with Crippen molar-refractivity contribution in [3.05, 3.63) is 0 Å². The summed E-state index contributed by atoms with van der Waals surface area (Å²) >= 11 is 0. The standard InChI is InChI=1S/C10H21NO2/c1-10(2,3)13-11-8-6-4-5-7-9(11)12/h9,12H,4-8H2,1-3H3. The number of rotatable bonds is 1. The van der Waals surface area contributed by atoms with Crippen LogP contribution in [0.4, 0.5) is 0 Å². The molecule has 0 spiro atoms. The van der Waals surface area contributed by atoms with Crippen LogP contribution in [0, 0.1) is 0 Å². The van der Waals surface area contributed by atoms with Gasteiger partial charge in [-0.05, 0) is 40.0 Å². The van der Waals surface area contributed by atoms with E-state index in [1.165, 1.54) is 6.42 Å². The summed E-state index contributed by atoms with van der Waals surface area (Å²) in [6, 6.07) is 0. The molecule has 1 unspecified atom stereocenters. The van der Waals surface area contributed by atoms with Gasteiger partial charge in [0.1, 0.15) is 6.23 Å². The molecule has 13 heavy (non-hydrogen) atoms. The van der Waals surface area contributed by atoms with E-state index in [1.54, 1.807) is 5.06 Å². The second kappa shape index (κ2) is 4.40. The van der Waals surface area contributed by atoms with Crippen LogP contribution in [0.2, 0.25) is 0 Å². The van der Waals surface area contributed by atoms with Gasteiger partial charge < -0.3 is 5.11 Å². The lowest BCUT2D eigenvalue weighted by atomic mass is 10.2. The maximum absolute atomic E-state index is 9.71. The Bertz CT molecular complexity index is 153. The Morgan fingerprint density at radius 1 is 1.23 bits per heavy atom. The third kappa shape index (κ3) is 4.07. The molecule has 0 aromatic rings. The van der Waals surface area contributed by atoms with Gasteiger partial charge in [0.2, 0.25) is 0 Å². The molecule has 1 aliphatic rings. The summed E-state index contributed by atoms with van der Waals surface area (Å²) in [5, 5.41) is 11.4. The highest BCUT2D eigenvalue weighted by atomic mass is 16.7. The van der Waals surface area contributed by atoms with Crippen LogP contribution in [0.15, 0.2) is 0 Å². The highest BCUT2D eigenvalue weighted by Crippen LogP contribution is 2.19. The van der Waals surface area contributed by atoms with Gasteiger partial charge in [-0.1, -0.05) is 6.42 Å². The van der Waals surface area contributed by atoms with E-state index >= 15 is 0 Å². The molecule has 3 nitrogen and oxygen atoms in total.